The highest BCUT2D eigenvalue weighted by Gasteiger charge is 2.27. The molecule has 8 nitrogen and oxygen atoms in total. The van der Waals surface area contributed by atoms with Gasteiger partial charge in [0.2, 0.25) is 5.82 Å². The van der Waals surface area contributed by atoms with Crippen molar-refractivity contribution in [2.24, 2.45) is 7.05 Å². The summed E-state index contributed by atoms with van der Waals surface area (Å²) in [4.78, 5) is 25.0. The quantitative estimate of drug-likeness (QED) is 0.684. The van der Waals surface area contributed by atoms with Gasteiger partial charge in [0.1, 0.15) is 17.1 Å². The Labute approximate surface area is 117 Å². The second kappa shape index (κ2) is 5.19. The Morgan fingerprint density at radius 3 is 2.76 bits per heavy atom. The molecule has 0 aliphatic rings. The normalized spacial score (nSPS) is 10.4. The van der Waals surface area contributed by atoms with Gasteiger partial charge in [-0.2, -0.15) is 0 Å². The van der Waals surface area contributed by atoms with Crippen LogP contribution in [0.2, 0.25) is 0 Å². The zero-order chi connectivity index (χ0) is 15.7. The number of benzene rings is 1. The van der Waals surface area contributed by atoms with E-state index in [1.165, 1.54) is 18.5 Å². The number of hydrogen-bond acceptors (Lipinski definition) is 5. The predicted molar refractivity (Wildman–Crippen MR) is 68.0 cm³/mol. The molecule has 0 unspecified atom stereocenters. The largest absolute Gasteiger partial charge is 0.478 e. The average Bonchev–Trinajstić information content (AvgIpc) is 2.69. The first-order chi connectivity index (χ1) is 9.81. The van der Waals surface area contributed by atoms with Crippen molar-refractivity contribution in [2.45, 2.75) is 6.92 Å². The molecular weight excluding hydrogens is 285 g/mol. The zero-order valence-electron chi connectivity index (χ0n) is 11.0. The van der Waals surface area contributed by atoms with Gasteiger partial charge in [-0.25, -0.2) is 9.18 Å². The number of rotatable bonds is 4. The van der Waals surface area contributed by atoms with Crippen molar-refractivity contribution < 1.29 is 24.0 Å². The SMILES string of the molecule is Cc1nc([N+](=O)[O-])c(Oc2ccc(F)cc2C(=O)O)n1C. The van der Waals surface area contributed by atoms with Crippen LogP contribution in [0.15, 0.2) is 18.2 Å². The predicted octanol–water partition coefficient (Wildman–Crippen LogP) is 2.27. The van der Waals surface area contributed by atoms with Crippen molar-refractivity contribution >= 4 is 11.8 Å². The number of ether oxygens (including phenoxy) is 1. The Bertz CT molecular complexity index is 741. The molecule has 0 atom stereocenters. The fourth-order valence-electron chi connectivity index (χ4n) is 1.67. The van der Waals surface area contributed by atoms with Crippen LogP contribution >= 0.6 is 0 Å². The molecule has 1 aromatic heterocycles. The summed E-state index contributed by atoms with van der Waals surface area (Å²) in [6.07, 6.45) is 0. The Morgan fingerprint density at radius 1 is 1.52 bits per heavy atom. The number of aromatic carboxylic acids is 1. The molecule has 2 aromatic rings. The summed E-state index contributed by atoms with van der Waals surface area (Å²) in [5, 5.41) is 19.9. The number of halogens is 1. The Kier molecular flexibility index (Phi) is 3.57. The maximum Gasteiger partial charge on any atom is 0.427 e. The molecule has 1 heterocycles. The number of nitro groups is 1. The number of aromatic nitrogens is 2. The van der Waals surface area contributed by atoms with Gasteiger partial charge >= 0.3 is 17.7 Å². The molecular formula is C12H10FN3O5. The number of nitrogens with zero attached hydrogens (tertiary/aromatic N) is 3. The van der Waals surface area contributed by atoms with Crippen molar-refractivity contribution in [1.29, 1.82) is 0 Å². The van der Waals surface area contributed by atoms with E-state index in [2.05, 4.69) is 4.98 Å². The Hall–Kier alpha value is -2.97. The summed E-state index contributed by atoms with van der Waals surface area (Å²) >= 11 is 0. The van der Waals surface area contributed by atoms with Crippen LogP contribution in [0, 0.1) is 22.9 Å². The maximum absolute atomic E-state index is 13.1. The average molecular weight is 295 g/mol. The fraction of sp³-hybridized carbons (Fsp3) is 0.167. The van der Waals surface area contributed by atoms with Crippen molar-refractivity contribution in [3.8, 4) is 11.6 Å². The Morgan fingerprint density at radius 2 is 2.19 bits per heavy atom. The molecule has 0 saturated carbocycles. The van der Waals surface area contributed by atoms with Crippen LogP contribution in [0.25, 0.3) is 0 Å². The number of aryl methyl sites for hydroxylation is 1. The van der Waals surface area contributed by atoms with Crippen LogP contribution in [-0.2, 0) is 7.05 Å². The van der Waals surface area contributed by atoms with Crippen LogP contribution in [0.3, 0.4) is 0 Å². The van der Waals surface area contributed by atoms with Gasteiger partial charge in [0, 0.05) is 14.0 Å². The smallest absolute Gasteiger partial charge is 0.427 e. The second-order valence-electron chi connectivity index (χ2n) is 4.15. The second-order valence-corrected chi connectivity index (χ2v) is 4.15. The minimum absolute atomic E-state index is 0.213. The summed E-state index contributed by atoms with van der Waals surface area (Å²) in [6, 6.07) is 2.86. The molecule has 1 aromatic carbocycles. The van der Waals surface area contributed by atoms with Crippen LogP contribution < -0.4 is 4.74 Å². The van der Waals surface area contributed by atoms with E-state index < -0.39 is 28.1 Å². The van der Waals surface area contributed by atoms with E-state index in [1.54, 1.807) is 0 Å². The minimum Gasteiger partial charge on any atom is -0.478 e. The van der Waals surface area contributed by atoms with E-state index in [-0.39, 0.29) is 11.6 Å². The maximum atomic E-state index is 13.1. The monoisotopic (exact) mass is 295 g/mol. The summed E-state index contributed by atoms with van der Waals surface area (Å²) in [7, 11) is 1.48. The molecule has 0 amide bonds. The van der Waals surface area contributed by atoms with E-state index in [1.807, 2.05) is 0 Å². The highest BCUT2D eigenvalue weighted by atomic mass is 19.1. The zero-order valence-corrected chi connectivity index (χ0v) is 11.0. The summed E-state index contributed by atoms with van der Waals surface area (Å²) in [6.45, 7) is 1.53. The van der Waals surface area contributed by atoms with Gasteiger partial charge in [-0.1, -0.05) is 0 Å². The lowest BCUT2D eigenvalue weighted by molar-refractivity contribution is -0.390. The topological polar surface area (TPSA) is 107 Å². The van der Waals surface area contributed by atoms with Crippen LogP contribution in [0.5, 0.6) is 11.6 Å². The fourth-order valence-corrected chi connectivity index (χ4v) is 1.67. The third-order valence-corrected chi connectivity index (χ3v) is 2.80. The van der Waals surface area contributed by atoms with Crippen LogP contribution in [-0.4, -0.2) is 25.6 Å². The number of carboxylic acids is 1. The van der Waals surface area contributed by atoms with E-state index >= 15 is 0 Å². The van der Waals surface area contributed by atoms with Crippen molar-refractivity contribution in [3.05, 3.63) is 45.5 Å². The third-order valence-electron chi connectivity index (χ3n) is 2.80. The number of imidazole rings is 1. The molecule has 110 valence electrons. The molecule has 21 heavy (non-hydrogen) atoms. The molecule has 0 aliphatic heterocycles. The number of carbonyl (C=O) groups is 1. The first-order valence-corrected chi connectivity index (χ1v) is 5.69. The van der Waals surface area contributed by atoms with Crippen LogP contribution in [0.4, 0.5) is 10.2 Å². The van der Waals surface area contributed by atoms with Gasteiger partial charge < -0.3 is 20.0 Å². The molecule has 2 rings (SSSR count). The van der Waals surface area contributed by atoms with E-state index in [0.717, 1.165) is 18.2 Å². The number of carboxylic acid groups (broad SMARTS) is 1. The van der Waals surface area contributed by atoms with Crippen molar-refractivity contribution in [3.63, 3.8) is 0 Å². The Balaban J connectivity index is 2.53. The summed E-state index contributed by atoms with van der Waals surface area (Å²) < 4.78 is 19.7. The first kappa shape index (κ1) is 14.4. The van der Waals surface area contributed by atoms with Crippen LogP contribution in [0.1, 0.15) is 16.2 Å². The standard InChI is InChI=1S/C12H10FN3O5/c1-6-14-10(16(19)20)11(15(6)2)21-9-4-3-7(13)5-8(9)12(17)18/h3-5H,1-2H3,(H,17,18). The van der Waals surface area contributed by atoms with Gasteiger partial charge in [-0.05, 0) is 28.1 Å². The van der Waals surface area contributed by atoms with Gasteiger partial charge in [0.05, 0.1) is 0 Å². The van der Waals surface area contributed by atoms with Gasteiger partial charge in [0.25, 0.3) is 0 Å². The van der Waals surface area contributed by atoms with Gasteiger partial charge in [-0.15, -0.1) is 0 Å². The van der Waals surface area contributed by atoms with E-state index in [4.69, 9.17) is 9.84 Å². The van der Waals surface area contributed by atoms with E-state index in [0.29, 0.717) is 5.82 Å². The molecule has 1 N–H and O–H groups in total. The molecule has 0 saturated heterocycles. The molecule has 9 heteroatoms. The summed E-state index contributed by atoms with van der Waals surface area (Å²) in [5.41, 5.74) is -0.442. The molecule has 0 radical (unpaired) electrons. The lowest BCUT2D eigenvalue weighted by Crippen LogP contribution is -2.04. The first-order valence-electron chi connectivity index (χ1n) is 5.69. The van der Waals surface area contributed by atoms with Gasteiger partial charge in [0.15, 0.2) is 0 Å². The molecule has 0 fully saturated rings. The molecule has 0 aliphatic carbocycles. The number of hydrogen-bond donors (Lipinski definition) is 1. The lowest BCUT2D eigenvalue weighted by Gasteiger charge is -2.08. The third kappa shape index (κ3) is 2.66. The van der Waals surface area contributed by atoms with Gasteiger partial charge in [-0.3, -0.25) is 4.57 Å². The minimum atomic E-state index is -1.41. The van der Waals surface area contributed by atoms with Crippen molar-refractivity contribution in [2.75, 3.05) is 0 Å². The molecule has 0 bridgehead atoms. The lowest BCUT2D eigenvalue weighted by atomic mass is 10.2. The highest BCUT2D eigenvalue weighted by molar-refractivity contribution is 5.91. The van der Waals surface area contributed by atoms with E-state index in [9.17, 15) is 19.3 Å². The highest BCUT2D eigenvalue weighted by Crippen LogP contribution is 2.33. The van der Waals surface area contributed by atoms with Crippen molar-refractivity contribution in [1.82, 2.24) is 9.55 Å². The summed E-state index contributed by atoms with van der Waals surface area (Å²) in [5.74, 6) is -2.84. The molecule has 0 spiro atoms.